The number of carbonyl (C=O) groups excluding carboxylic acids is 1. The summed E-state index contributed by atoms with van der Waals surface area (Å²) in [7, 11) is 0. The molecule has 0 aliphatic rings. The summed E-state index contributed by atoms with van der Waals surface area (Å²) in [4.78, 5) is 17.4. The van der Waals surface area contributed by atoms with Gasteiger partial charge in [-0.1, -0.05) is 18.6 Å². The molecular weight excluding hydrogens is 315 g/mol. The van der Waals surface area contributed by atoms with Gasteiger partial charge in [-0.05, 0) is 62.7 Å². The van der Waals surface area contributed by atoms with Crippen molar-refractivity contribution < 1.29 is 9.18 Å². The second kappa shape index (κ2) is 7.01. The third kappa shape index (κ3) is 3.68. The normalized spacial score (nSPS) is 12.2. The molecule has 3 aromatic rings. The number of nitrogens with one attached hydrogen (secondary N) is 1. The van der Waals surface area contributed by atoms with Crippen molar-refractivity contribution in [2.75, 3.05) is 0 Å². The van der Waals surface area contributed by atoms with Crippen molar-refractivity contribution in [1.29, 1.82) is 0 Å². The molecule has 3 nitrogen and oxygen atoms in total. The summed E-state index contributed by atoms with van der Waals surface area (Å²) >= 11 is 0. The molecule has 0 saturated heterocycles. The number of hydrogen-bond acceptors (Lipinski definition) is 2. The topological polar surface area (TPSA) is 42.0 Å². The first-order valence-corrected chi connectivity index (χ1v) is 8.46. The lowest BCUT2D eigenvalue weighted by Crippen LogP contribution is -2.32. The van der Waals surface area contributed by atoms with E-state index in [0.717, 1.165) is 28.5 Å². The molecule has 1 N–H and O–H groups in total. The number of hydrogen-bond donors (Lipinski definition) is 1. The molecule has 3 rings (SSSR count). The van der Waals surface area contributed by atoms with Gasteiger partial charge in [0, 0.05) is 17.0 Å². The third-order valence-electron chi connectivity index (χ3n) is 4.34. The van der Waals surface area contributed by atoms with Gasteiger partial charge in [-0.25, -0.2) is 9.37 Å². The maximum atomic E-state index is 13.2. The molecule has 1 heterocycles. The Kier molecular flexibility index (Phi) is 4.79. The van der Waals surface area contributed by atoms with Crippen LogP contribution in [0, 0.1) is 12.7 Å². The monoisotopic (exact) mass is 336 g/mol. The van der Waals surface area contributed by atoms with E-state index in [2.05, 4.69) is 10.3 Å². The number of pyridine rings is 1. The van der Waals surface area contributed by atoms with Gasteiger partial charge in [0.05, 0.1) is 16.8 Å². The zero-order valence-electron chi connectivity index (χ0n) is 14.6. The van der Waals surface area contributed by atoms with Gasteiger partial charge in [-0.3, -0.25) is 4.79 Å². The van der Waals surface area contributed by atoms with Crippen molar-refractivity contribution in [3.8, 4) is 11.3 Å². The van der Waals surface area contributed by atoms with E-state index in [1.807, 2.05) is 39.0 Å². The maximum Gasteiger partial charge on any atom is 0.252 e. The van der Waals surface area contributed by atoms with E-state index in [1.54, 1.807) is 18.2 Å². The third-order valence-corrected chi connectivity index (χ3v) is 4.34. The Bertz CT molecular complexity index is 919. The van der Waals surface area contributed by atoms with Crippen molar-refractivity contribution in [1.82, 2.24) is 10.3 Å². The average molecular weight is 336 g/mol. The Morgan fingerprint density at radius 1 is 1.16 bits per heavy atom. The molecule has 0 unspecified atom stereocenters. The summed E-state index contributed by atoms with van der Waals surface area (Å²) in [5.74, 6) is -0.411. The van der Waals surface area contributed by atoms with Gasteiger partial charge in [-0.2, -0.15) is 0 Å². The van der Waals surface area contributed by atoms with Crippen LogP contribution in [-0.4, -0.2) is 16.9 Å². The smallest absolute Gasteiger partial charge is 0.252 e. The fraction of sp³-hybridized carbons (Fsp3) is 0.238. The predicted octanol–water partition coefficient (Wildman–Crippen LogP) is 4.88. The van der Waals surface area contributed by atoms with Gasteiger partial charge in [0.2, 0.25) is 0 Å². The standard InChI is InChI=1S/C21H21FN2O/c1-4-14(3)23-21(25)18-12-20(15-6-8-16(22)9-7-15)24-19-10-5-13(2)11-17(18)19/h5-12,14H,4H2,1-3H3,(H,23,25)/t14-/m0/s1. The van der Waals surface area contributed by atoms with Gasteiger partial charge in [-0.15, -0.1) is 0 Å². The highest BCUT2D eigenvalue weighted by Gasteiger charge is 2.15. The van der Waals surface area contributed by atoms with Crippen LogP contribution in [0.3, 0.4) is 0 Å². The van der Waals surface area contributed by atoms with Crippen LogP contribution in [0.1, 0.15) is 36.2 Å². The Labute approximate surface area is 146 Å². The zero-order valence-corrected chi connectivity index (χ0v) is 14.6. The van der Waals surface area contributed by atoms with Crippen LogP contribution in [0.4, 0.5) is 4.39 Å². The molecule has 128 valence electrons. The molecule has 0 fully saturated rings. The van der Waals surface area contributed by atoms with Gasteiger partial charge in [0.25, 0.3) is 5.91 Å². The molecule has 25 heavy (non-hydrogen) atoms. The van der Waals surface area contributed by atoms with Crippen molar-refractivity contribution in [3.63, 3.8) is 0 Å². The first-order chi connectivity index (χ1) is 12.0. The molecule has 4 heteroatoms. The zero-order chi connectivity index (χ0) is 18.0. The van der Waals surface area contributed by atoms with E-state index in [-0.39, 0.29) is 17.8 Å². The quantitative estimate of drug-likeness (QED) is 0.738. The van der Waals surface area contributed by atoms with Crippen molar-refractivity contribution in [2.24, 2.45) is 0 Å². The number of nitrogens with zero attached hydrogens (tertiary/aromatic N) is 1. The summed E-state index contributed by atoms with van der Waals surface area (Å²) in [5.41, 5.74) is 3.85. The summed E-state index contributed by atoms with van der Waals surface area (Å²) in [5, 5.41) is 3.84. The maximum absolute atomic E-state index is 13.2. The summed E-state index contributed by atoms with van der Waals surface area (Å²) in [6.45, 7) is 6.00. The molecule has 0 aliphatic carbocycles. The molecule has 1 aromatic heterocycles. The second-order valence-electron chi connectivity index (χ2n) is 6.37. The van der Waals surface area contributed by atoms with Crippen molar-refractivity contribution in [3.05, 3.63) is 65.5 Å². The first-order valence-electron chi connectivity index (χ1n) is 8.46. The molecule has 0 spiro atoms. The summed E-state index contributed by atoms with van der Waals surface area (Å²) in [6, 6.07) is 13.9. The summed E-state index contributed by atoms with van der Waals surface area (Å²) < 4.78 is 13.2. The number of benzene rings is 2. The number of halogens is 1. The molecule has 1 amide bonds. The minimum absolute atomic E-state index is 0.0924. The van der Waals surface area contributed by atoms with Crippen LogP contribution >= 0.6 is 0 Å². The number of fused-ring (bicyclic) bond motifs is 1. The minimum atomic E-state index is -0.296. The highest BCUT2D eigenvalue weighted by Crippen LogP contribution is 2.26. The lowest BCUT2D eigenvalue weighted by atomic mass is 10.0. The van der Waals surface area contributed by atoms with Crippen LogP contribution < -0.4 is 5.32 Å². The minimum Gasteiger partial charge on any atom is -0.350 e. The van der Waals surface area contributed by atoms with Crippen LogP contribution in [-0.2, 0) is 0 Å². The van der Waals surface area contributed by atoms with Crippen molar-refractivity contribution in [2.45, 2.75) is 33.2 Å². The molecule has 1 atom stereocenters. The Hall–Kier alpha value is -2.75. The number of rotatable bonds is 4. The molecule has 0 aliphatic heterocycles. The molecular formula is C21H21FN2O. The van der Waals surface area contributed by atoms with Gasteiger partial charge >= 0.3 is 0 Å². The number of amides is 1. The predicted molar refractivity (Wildman–Crippen MR) is 99.1 cm³/mol. The molecule has 0 bridgehead atoms. The fourth-order valence-electron chi connectivity index (χ4n) is 2.70. The number of aromatic nitrogens is 1. The lowest BCUT2D eigenvalue weighted by Gasteiger charge is -2.14. The SMILES string of the molecule is CC[C@H](C)NC(=O)c1cc(-c2ccc(F)cc2)nc2ccc(C)cc12. The Balaban J connectivity index is 2.16. The Morgan fingerprint density at radius 3 is 2.56 bits per heavy atom. The molecule has 2 aromatic carbocycles. The lowest BCUT2D eigenvalue weighted by molar-refractivity contribution is 0.0941. The van der Waals surface area contributed by atoms with Crippen LogP contribution in [0.5, 0.6) is 0 Å². The average Bonchev–Trinajstić information content (AvgIpc) is 2.61. The van der Waals surface area contributed by atoms with E-state index >= 15 is 0 Å². The fourth-order valence-corrected chi connectivity index (χ4v) is 2.70. The first kappa shape index (κ1) is 17.1. The van der Waals surface area contributed by atoms with E-state index in [0.29, 0.717) is 11.3 Å². The van der Waals surface area contributed by atoms with E-state index in [1.165, 1.54) is 12.1 Å². The van der Waals surface area contributed by atoms with Gasteiger partial charge in [0.15, 0.2) is 0 Å². The number of aryl methyl sites for hydroxylation is 1. The largest absolute Gasteiger partial charge is 0.350 e. The van der Waals surface area contributed by atoms with Gasteiger partial charge < -0.3 is 5.32 Å². The molecule has 0 radical (unpaired) electrons. The van der Waals surface area contributed by atoms with E-state index < -0.39 is 0 Å². The van der Waals surface area contributed by atoms with Crippen molar-refractivity contribution >= 4 is 16.8 Å². The Morgan fingerprint density at radius 2 is 1.88 bits per heavy atom. The van der Waals surface area contributed by atoms with E-state index in [4.69, 9.17) is 0 Å². The summed E-state index contributed by atoms with van der Waals surface area (Å²) in [6.07, 6.45) is 0.860. The number of carbonyl (C=O) groups is 1. The van der Waals surface area contributed by atoms with E-state index in [9.17, 15) is 9.18 Å². The van der Waals surface area contributed by atoms with Crippen LogP contribution in [0.2, 0.25) is 0 Å². The highest BCUT2D eigenvalue weighted by atomic mass is 19.1. The van der Waals surface area contributed by atoms with Crippen LogP contribution in [0.25, 0.3) is 22.2 Å². The highest BCUT2D eigenvalue weighted by molar-refractivity contribution is 6.07. The van der Waals surface area contributed by atoms with Gasteiger partial charge in [0.1, 0.15) is 5.82 Å². The van der Waals surface area contributed by atoms with Crippen LogP contribution in [0.15, 0.2) is 48.5 Å². The second-order valence-corrected chi connectivity index (χ2v) is 6.37. The molecule has 0 saturated carbocycles.